The largest absolute Gasteiger partial charge is 0.495 e. The maximum absolute atomic E-state index is 14.0. The number of amides is 2. The molecule has 0 saturated carbocycles. The third kappa shape index (κ3) is 6.97. The van der Waals surface area contributed by atoms with E-state index in [2.05, 4.69) is 25.8 Å². The molecule has 6 rings (SSSR count). The average Bonchev–Trinajstić information content (AvgIpc) is 3.03. The van der Waals surface area contributed by atoms with Gasteiger partial charge < -0.3 is 25.0 Å². The summed E-state index contributed by atoms with van der Waals surface area (Å²) < 4.78 is 25.3. The van der Waals surface area contributed by atoms with Crippen molar-refractivity contribution in [2.75, 3.05) is 33.3 Å². The standard InChI is InChI=1S/C25H29FN4O3.C5H6N2O/c26-18-4-5-22-19(15-18)21(29-23(31)20-3-1-2-10-28-20)16-25(33-22)8-13-30(14-9-25)24(32)17-6-11-27-12-7-17;1-8-5-2-3-6-7-4-5/h1-5,10,15,17,21,27H,6-9,11-14,16H2,(H,29,31);2-4H,1H3. The molecule has 5 heterocycles. The highest BCUT2D eigenvalue weighted by Gasteiger charge is 2.45. The lowest BCUT2D eigenvalue weighted by atomic mass is 9.80. The molecule has 2 saturated heterocycles. The van der Waals surface area contributed by atoms with Crippen LogP contribution in [0.5, 0.6) is 11.5 Å². The molecule has 1 unspecified atom stereocenters. The van der Waals surface area contributed by atoms with Crippen LogP contribution >= 0.6 is 0 Å². The third-order valence-corrected chi connectivity index (χ3v) is 7.92. The molecule has 11 heteroatoms. The molecule has 3 aromatic rings. The number of methoxy groups -OCH3 is 1. The summed E-state index contributed by atoms with van der Waals surface area (Å²) in [7, 11) is 1.59. The lowest BCUT2D eigenvalue weighted by Gasteiger charge is -2.47. The maximum atomic E-state index is 14.0. The van der Waals surface area contributed by atoms with Gasteiger partial charge in [0.15, 0.2) is 0 Å². The number of rotatable bonds is 4. The quantitative estimate of drug-likeness (QED) is 0.497. The van der Waals surface area contributed by atoms with Crippen LogP contribution in [0.4, 0.5) is 4.39 Å². The molecule has 3 aliphatic heterocycles. The zero-order valence-corrected chi connectivity index (χ0v) is 23.1. The van der Waals surface area contributed by atoms with Crippen molar-refractivity contribution in [3.8, 4) is 11.5 Å². The molecule has 1 aromatic carbocycles. The van der Waals surface area contributed by atoms with Gasteiger partial charge in [0, 0.05) is 56.1 Å². The molecule has 3 aliphatic rings. The molecule has 2 N–H and O–H groups in total. The Labute approximate surface area is 238 Å². The van der Waals surface area contributed by atoms with Gasteiger partial charge in [0.2, 0.25) is 5.91 Å². The smallest absolute Gasteiger partial charge is 0.270 e. The van der Waals surface area contributed by atoms with Gasteiger partial charge in [-0.3, -0.25) is 14.6 Å². The van der Waals surface area contributed by atoms with Crippen LogP contribution in [0, 0.1) is 11.7 Å². The summed E-state index contributed by atoms with van der Waals surface area (Å²) in [5, 5.41) is 13.5. The molecule has 0 radical (unpaired) electrons. The van der Waals surface area contributed by atoms with Crippen LogP contribution in [0.1, 0.15) is 54.2 Å². The van der Waals surface area contributed by atoms with Crippen molar-refractivity contribution >= 4 is 11.8 Å². The maximum Gasteiger partial charge on any atom is 0.270 e. The minimum absolute atomic E-state index is 0.0988. The van der Waals surface area contributed by atoms with E-state index in [0.29, 0.717) is 49.4 Å². The topological polar surface area (TPSA) is 119 Å². The summed E-state index contributed by atoms with van der Waals surface area (Å²) in [6.45, 7) is 3.03. The van der Waals surface area contributed by atoms with E-state index in [4.69, 9.17) is 9.47 Å². The third-order valence-electron chi connectivity index (χ3n) is 7.92. The van der Waals surface area contributed by atoms with E-state index in [0.717, 1.165) is 31.7 Å². The van der Waals surface area contributed by atoms with Gasteiger partial charge in [-0.1, -0.05) is 6.07 Å². The van der Waals surface area contributed by atoms with Gasteiger partial charge in [-0.2, -0.15) is 10.2 Å². The number of pyridine rings is 1. The van der Waals surface area contributed by atoms with E-state index < -0.39 is 11.6 Å². The highest BCUT2D eigenvalue weighted by atomic mass is 19.1. The average molecular weight is 563 g/mol. The van der Waals surface area contributed by atoms with Gasteiger partial charge >= 0.3 is 0 Å². The first-order chi connectivity index (χ1) is 20.0. The Morgan fingerprint density at radius 1 is 1.10 bits per heavy atom. The molecular formula is C30H35FN6O4. The summed E-state index contributed by atoms with van der Waals surface area (Å²) in [4.78, 5) is 31.9. The molecule has 0 aliphatic carbocycles. The lowest BCUT2D eigenvalue weighted by Crippen LogP contribution is -2.54. The van der Waals surface area contributed by atoms with Gasteiger partial charge in [-0.25, -0.2) is 4.39 Å². The summed E-state index contributed by atoms with van der Waals surface area (Å²) >= 11 is 0. The number of benzene rings is 1. The molecule has 1 atom stereocenters. The molecule has 216 valence electrons. The van der Waals surface area contributed by atoms with Crippen molar-refractivity contribution in [1.29, 1.82) is 0 Å². The zero-order chi connectivity index (χ0) is 28.7. The Morgan fingerprint density at radius 3 is 2.56 bits per heavy atom. The first-order valence-electron chi connectivity index (χ1n) is 14.0. The number of carbonyl (C=O) groups excluding carboxylic acids is 2. The highest BCUT2D eigenvalue weighted by molar-refractivity contribution is 5.92. The van der Waals surface area contributed by atoms with Crippen molar-refractivity contribution in [3.05, 3.63) is 78.1 Å². The number of carbonyl (C=O) groups is 2. The van der Waals surface area contributed by atoms with Crippen LogP contribution in [0.2, 0.25) is 0 Å². The molecule has 0 bridgehead atoms. The molecule has 10 nitrogen and oxygen atoms in total. The SMILES string of the molecule is COc1ccnnc1.O=C(NC1CC2(CCN(C(=O)C3CCNCC3)CC2)Oc2ccc(F)cc21)c1ccccn1. The second-order valence-electron chi connectivity index (χ2n) is 10.5. The number of hydrogen-bond acceptors (Lipinski definition) is 8. The molecule has 2 fully saturated rings. The molecule has 1 spiro atoms. The molecule has 2 amide bonds. The normalized spacial score (nSPS) is 19.7. The Morgan fingerprint density at radius 2 is 1.90 bits per heavy atom. The number of nitrogens with zero attached hydrogens (tertiary/aromatic N) is 4. The van der Waals surface area contributed by atoms with Crippen LogP contribution in [0.25, 0.3) is 0 Å². The van der Waals surface area contributed by atoms with Gasteiger partial charge in [0.1, 0.15) is 28.6 Å². The van der Waals surface area contributed by atoms with Crippen molar-refractivity contribution in [2.24, 2.45) is 5.92 Å². The van der Waals surface area contributed by atoms with Crippen molar-refractivity contribution in [1.82, 2.24) is 30.7 Å². The van der Waals surface area contributed by atoms with Gasteiger partial charge in [-0.15, -0.1) is 0 Å². The van der Waals surface area contributed by atoms with E-state index in [1.807, 2.05) is 4.90 Å². The van der Waals surface area contributed by atoms with Crippen LogP contribution < -0.4 is 20.1 Å². The van der Waals surface area contributed by atoms with Crippen molar-refractivity contribution in [2.45, 2.75) is 43.7 Å². The summed E-state index contributed by atoms with van der Waals surface area (Å²) in [6, 6.07) is 11.0. The fourth-order valence-corrected chi connectivity index (χ4v) is 5.67. The number of aromatic nitrogens is 3. The van der Waals surface area contributed by atoms with E-state index in [1.165, 1.54) is 12.1 Å². The number of fused-ring (bicyclic) bond motifs is 1. The lowest BCUT2D eigenvalue weighted by molar-refractivity contribution is -0.140. The molecule has 41 heavy (non-hydrogen) atoms. The number of piperidine rings is 2. The van der Waals surface area contributed by atoms with Gasteiger partial charge in [0.25, 0.3) is 5.91 Å². The monoisotopic (exact) mass is 562 g/mol. The van der Waals surface area contributed by atoms with E-state index in [9.17, 15) is 14.0 Å². The Bertz CT molecular complexity index is 1320. The minimum atomic E-state index is -0.502. The Kier molecular flexibility index (Phi) is 9.03. The van der Waals surface area contributed by atoms with Crippen molar-refractivity contribution in [3.63, 3.8) is 0 Å². The Hall–Kier alpha value is -4.12. The number of nitrogens with one attached hydrogen (secondary N) is 2. The second-order valence-corrected chi connectivity index (χ2v) is 10.5. The summed E-state index contributed by atoms with van der Waals surface area (Å²) in [5.74, 6) is 0.998. The number of halogens is 1. The van der Waals surface area contributed by atoms with E-state index >= 15 is 0 Å². The first-order valence-corrected chi connectivity index (χ1v) is 14.0. The van der Waals surface area contributed by atoms with E-state index in [-0.39, 0.29) is 23.5 Å². The number of hydrogen-bond donors (Lipinski definition) is 2. The summed E-state index contributed by atoms with van der Waals surface area (Å²) in [6.07, 6.45) is 8.36. The number of likely N-dealkylation sites (tertiary alicyclic amines) is 1. The van der Waals surface area contributed by atoms with Crippen LogP contribution in [0.3, 0.4) is 0 Å². The highest BCUT2D eigenvalue weighted by Crippen LogP contribution is 2.44. The van der Waals surface area contributed by atoms with Crippen LogP contribution in [-0.4, -0.2) is 70.8 Å². The Balaban J connectivity index is 0.000000365. The predicted octanol–water partition coefficient (Wildman–Crippen LogP) is 3.32. The van der Waals surface area contributed by atoms with Crippen LogP contribution in [0.15, 0.2) is 61.1 Å². The second kappa shape index (κ2) is 13.0. The van der Waals surface area contributed by atoms with E-state index in [1.54, 1.807) is 56.0 Å². The zero-order valence-electron chi connectivity index (χ0n) is 23.1. The summed E-state index contributed by atoms with van der Waals surface area (Å²) in [5.41, 5.74) is 0.453. The predicted molar refractivity (Wildman–Crippen MR) is 149 cm³/mol. The van der Waals surface area contributed by atoms with Crippen molar-refractivity contribution < 1.29 is 23.5 Å². The number of ether oxygens (including phenoxy) is 2. The van der Waals surface area contributed by atoms with Gasteiger partial charge in [0.05, 0.1) is 25.5 Å². The minimum Gasteiger partial charge on any atom is -0.495 e. The fourth-order valence-electron chi connectivity index (χ4n) is 5.67. The van der Waals surface area contributed by atoms with Gasteiger partial charge in [-0.05, 0) is 56.3 Å². The fraction of sp³-hybridized carbons (Fsp3) is 0.433. The molecular weight excluding hydrogens is 527 g/mol. The molecule has 2 aromatic heterocycles. The van der Waals surface area contributed by atoms with Crippen LogP contribution in [-0.2, 0) is 4.79 Å². The first kappa shape index (κ1) is 28.4.